The molecule has 0 bridgehead atoms. The van der Waals surface area contributed by atoms with Crippen molar-refractivity contribution in [1.29, 1.82) is 0 Å². The third-order valence-corrected chi connectivity index (χ3v) is 5.00. The van der Waals surface area contributed by atoms with Gasteiger partial charge in [0.15, 0.2) is 0 Å². The van der Waals surface area contributed by atoms with Crippen LogP contribution in [0.5, 0.6) is 0 Å². The molecule has 1 aromatic rings. The van der Waals surface area contributed by atoms with E-state index in [1.54, 1.807) is 18.9 Å². The maximum atomic E-state index is 12.4. The van der Waals surface area contributed by atoms with Crippen molar-refractivity contribution in [3.8, 4) is 0 Å². The number of carbonyl (C=O) groups excluding carboxylic acids is 1. The van der Waals surface area contributed by atoms with Gasteiger partial charge in [0.25, 0.3) is 0 Å². The molecular formula is C10H16N4O3S. The Balaban J connectivity index is 2.31. The summed E-state index contributed by atoms with van der Waals surface area (Å²) in [5.74, 6) is -0.183. The fraction of sp³-hybridized carbons (Fsp3) is 0.600. The van der Waals surface area contributed by atoms with Gasteiger partial charge in [-0.2, -0.15) is 9.40 Å². The molecular weight excluding hydrogens is 256 g/mol. The zero-order valence-corrected chi connectivity index (χ0v) is 11.2. The highest BCUT2D eigenvalue weighted by molar-refractivity contribution is 7.89. The summed E-state index contributed by atoms with van der Waals surface area (Å²) >= 11 is 0. The number of aryl methyl sites for hydroxylation is 1. The Morgan fingerprint density at radius 3 is 2.72 bits per heavy atom. The molecule has 0 aliphatic carbocycles. The number of sulfonamides is 1. The molecule has 0 radical (unpaired) electrons. The zero-order chi connectivity index (χ0) is 13.3. The average Bonchev–Trinajstić information content (AvgIpc) is 2.66. The zero-order valence-electron chi connectivity index (χ0n) is 10.4. The summed E-state index contributed by atoms with van der Waals surface area (Å²) in [6.45, 7) is 2.47. The van der Waals surface area contributed by atoms with E-state index in [2.05, 4.69) is 10.2 Å². The molecule has 8 heteroatoms. The van der Waals surface area contributed by atoms with Gasteiger partial charge in [-0.3, -0.25) is 9.89 Å². The Hall–Kier alpha value is -1.41. The van der Waals surface area contributed by atoms with E-state index in [1.807, 2.05) is 0 Å². The number of hydrogen-bond donors (Lipinski definition) is 1. The lowest BCUT2D eigenvalue weighted by molar-refractivity contribution is -0.129. The minimum Gasteiger partial charge on any atom is -0.345 e. The molecule has 0 saturated carbocycles. The maximum absolute atomic E-state index is 12.4. The molecule has 2 rings (SSSR count). The number of rotatable bonds is 2. The number of hydrogen-bond acceptors (Lipinski definition) is 4. The van der Waals surface area contributed by atoms with Crippen molar-refractivity contribution in [1.82, 2.24) is 19.4 Å². The molecule has 0 unspecified atom stereocenters. The second kappa shape index (κ2) is 4.69. The van der Waals surface area contributed by atoms with E-state index in [0.717, 1.165) is 0 Å². The van der Waals surface area contributed by atoms with Crippen LogP contribution in [0.25, 0.3) is 0 Å². The summed E-state index contributed by atoms with van der Waals surface area (Å²) in [6, 6.07) is 0. The molecule has 0 aromatic carbocycles. The highest BCUT2D eigenvalue weighted by Crippen LogP contribution is 2.19. The van der Waals surface area contributed by atoms with Gasteiger partial charge >= 0.3 is 0 Å². The summed E-state index contributed by atoms with van der Waals surface area (Å²) in [5.41, 5.74) is 0.486. The van der Waals surface area contributed by atoms with Gasteiger partial charge in [0.2, 0.25) is 15.9 Å². The van der Waals surface area contributed by atoms with Gasteiger partial charge in [-0.05, 0) is 13.3 Å². The molecule has 1 aliphatic heterocycles. The first-order chi connectivity index (χ1) is 8.43. The van der Waals surface area contributed by atoms with Gasteiger partial charge in [-0.1, -0.05) is 0 Å². The molecule has 1 saturated heterocycles. The van der Waals surface area contributed by atoms with Crippen LogP contribution in [0.1, 0.15) is 12.1 Å². The predicted molar refractivity (Wildman–Crippen MR) is 64.3 cm³/mol. The van der Waals surface area contributed by atoms with Crippen molar-refractivity contribution >= 4 is 15.9 Å². The molecule has 2 heterocycles. The van der Waals surface area contributed by atoms with Gasteiger partial charge in [0, 0.05) is 20.1 Å². The third-order valence-electron chi connectivity index (χ3n) is 3.04. The van der Waals surface area contributed by atoms with E-state index >= 15 is 0 Å². The monoisotopic (exact) mass is 272 g/mol. The topological polar surface area (TPSA) is 86.4 Å². The Kier molecular flexibility index (Phi) is 3.40. The van der Waals surface area contributed by atoms with Gasteiger partial charge in [0.1, 0.15) is 4.90 Å². The van der Waals surface area contributed by atoms with Crippen molar-refractivity contribution < 1.29 is 13.2 Å². The highest BCUT2D eigenvalue weighted by atomic mass is 32.2. The Labute approximate surface area is 106 Å². The fourth-order valence-corrected chi connectivity index (χ4v) is 3.45. The minimum absolute atomic E-state index is 0.108. The van der Waals surface area contributed by atoms with Crippen LogP contribution in [0, 0.1) is 6.92 Å². The molecule has 1 N–H and O–H groups in total. The van der Waals surface area contributed by atoms with Crippen molar-refractivity contribution in [2.24, 2.45) is 0 Å². The van der Waals surface area contributed by atoms with E-state index in [9.17, 15) is 13.2 Å². The standard InChI is InChI=1S/C10H16N4O3S/c1-8-9(6-11-12-8)18(16,17)14-5-3-4-13(2)10(15)7-14/h6H,3-5,7H2,1-2H3,(H,11,12). The van der Waals surface area contributed by atoms with Gasteiger partial charge in [-0.25, -0.2) is 8.42 Å². The van der Waals surface area contributed by atoms with Crippen molar-refractivity contribution in [2.45, 2.75) is 18.2 Å². The maximum Gasteiger partial charge on any atom is 0.246 e. The second-order valence-electron chi connectivity index (χ2n) is 4.37. The first-order valence-corrected chi connectivity index (χ1v) is 7.11. The third kappa shape index (κ3) is 2.25. The molecule has 1 fully saturated rings. The number of amides is 1. The van der Waals surface area contributed by atoms with Crippen LogP contribution in [-0.4, -0.2) is 60.4 Å². The van der Waals surface area contributed by atoms with Crippen LogP contribution in [0.3, 0.4) is 0 Å². The highest BCUT2D eigenvalue weighted by Gasteiger charge is 2.31. The first-order valence-electron chi connectivity index (χ1n) is 5.67. The van der Waals surface area contributed by atoms with E-state index < -0.39 is 10.0 Å². The molecule has 18 heavy (non-hydrogen) atoms. The number of aromatic amines is 1. The van der Waals surface area contributed by atoms with Crippen LogP contribution >= 0.6 is 0 Å². The molecule has 100 valence electrons. The number of nitrogens with one attached hydrogen (secondary N) is 1. The lowest BCUT2D eigenvalue weighted by Gasteiger charge is -2.18. The van der Waals surface area contributed by atoms with Crippen LogP contribution in [0.4, 0.5) is 0 Å². The molecule has 1 aromatic heterocycles. The number of nitrogens with zero attached hydrogens (tertiary/aromatic N) is 3. The van der Waals surface area contributed by atoms with Crippen LogP contribution in [0.15, 0.2) is 11.1 Å². The van der Waals surface area contributed by atoms with Gasteiger partial charge in [0.05, 0.1) is 18.4 Å². The molecule has 0 spiro atoms. The van der Waals surface area contributed by atoms with E-state index in [1.165, 1.54) is 10.5 Å². The van der Waals surface area contributed by atoms with Gasteiger partial charge in [-0.15, -0.1) is 0 Å². The second-order valence-corrected chi connectivity index (χ2v) is 6.27. The normalized spacial score (nSPS) is 19.0. The molecule has 7 nitrogen and oxygen atoms in total. The van der Waals surface area contributed by atoms with Gasteiger partial charge < -0.3 is 4.90 Å². The predicted octanol–water partition coefficient (Wildman–Crippen LogP) is -0.429. The average molecular weight is 272 g/mol. The molecule has 0 atom stereocenters. The SMILES string of the molecule is Cc1[nH]ncc1S(=O)(=O)N1CCCN(C)C(=O)C1. The Morgan fingerprint density at radius 2 is 2.11 bits per heavy atom. The summed E-state index contributed by atoms with van der Waals surface area (Å²) in [6.07, 6.45) is 1.92. The molecule has 1 amide bonds. The number of aromatic nitrogens is 2. The summed E-state index contributed by atoms with van der Waals surface area (Å²) in [5, 5.41) is 6.31. The van der Waals surface area contributed by atoms with Crippen LogP contribution < -0.4 is 0 Å². The number of H-pyrrole nitrogens is 1. The first kappa shape index (κ1) is 13.0. The lowest BCUT2D eigenvalue weighted by atomic mass is 10.4. The van der Waals surface area contributed by atoms with Crippen molar-refractivity contribution in [2.75, 3.05) is 26.7 Å². The molecule has 1 aliphatic rings. The summed E-state index contributed by atoms with van der Waals surface area (Å²) in [7, 11) is -1.95. The van der Waals surface area contributed by atoms with E-state index in [0.29, 0.717) is 25.2 Å². The minimum atomic E-state index is -3.64. The van der Waals surface area contributed by atoms with Crippen LogP contribution in [-0.2, 0) is 14.8 Å². The summed E-state index contributed by atoms with van der Waals surface area (Å²) < 4.78 is 26.0. The Bertz CT molecular complexity index is 551. The largest absolute Gasteiger partial charge is 0.345 e. The smallest absolute Gasteiger partial charge is 0.246 e. The number of carbonyl (C=O) groups is 1. The van der Waals surface area contributed by atoms with E-state index in [-0.39, 0.29) is 17.3 Å². The van der Waals surface area contributed by atoms with Crippen molar-refractivity contribution in [3.05, 3.63) is 11.9 Å². The van der Waals surface area contributed by atoms with E-state index in [4.69, 9.17) is 0 Å². The quantitative estimate of drug-likeness (QED) is 0.791. The number of likely N-dealkylation sites (N-methyl/N-ethyl adjacent to an activating group) is 1. The van der Waals surface area contributed by atoms with Crippen molar-refractivity contribution in [3.63, 3.8) is 0 Å². The Morgan fingerprint density at radius 1 is 1.39 bits per heavy atom. The summed E-state index contributed by atoms with van der Waals surface area (Å²) in [4.78, 5) is 13.4. The lowest BCUT2D eigenvalue weighted by Crippen LogP contribution is -2.38. The van der Waals surface area contributed by atoms with Crippen LogP contribution in [0.2, 0.25) is 0 Å². The fourth-order valence-electron chi connectivity index (χ4n) is 1.90.